The molecule has 92 valence electrons. The van der Waals surface area contributed by atoms with Gasteiger partial charge < -0.3 is 10.6 Å². The van der Waals surface area contributed by atoms with Gasteiger partial charge in [-0.1, -0.05) is 6.07 Å². The lowest BCUT2D eigenvalue weighted by Gasteiger charge is -2.09. The first-order valence-electron chi connectivity index (χ1n) is 5.13. The van der Waals surface area contributed by atoms with Crippen molar-refractivity contribution < 1.29 is 18.0 Å². The number of rotatable bonds is 2. The highest BCUT2D eigenvalue weighted by atomic mass is 19.4. The fourth-order valence-corrected chi connectivity index (χ4v) is 1.72. The van der Waals surface area contributed by atoms with E-state index in [1.807, 2.05) is 5.32 Å². The number of hydrogen-bond donors (Lipinski definition) is 2. The third-order valence-electron chi connectivity index (χ3n) is 2.55. The van der Waals surface area contributed by atoms with Crippen LogP contribution in [0.15, 0.2) is 18.2 Å². The van der Waals surface area contributed by atoms with Crippen molar-refractivity contribution in [3.8, 4) is 0 Å². The number of alkyl halides is 3. The summed E-state index contributed by atoms with van der Waals surface area (Å²) in [7, 11) is 0. The Morgan fingerprint density at radius 1 is 1.29 bits per heavy atom. The molecule has 0 fully saturated rings. The molecule has 1 aromatic carbocycles. The van der Waals surface area contributed by atoms with Crippen molar-refractivity contribution >= 4 is 5.91 Å². The van der Waals surface area contributed by atoms with Crippen molar-refractivity contribution in [1.82, 2.24) is 10.6 Å². The van der Waals surface area contributed by atoms with E-state index >= 15 is 0 Å². The Morgan fingerprint density at radius 3 is 2.71 bits per heavy atom. The molecule has 1 amide bonds. The normalized spacial score (nSPS) is 14.5. The fraction of sp³-hybridized carbons (Fsp3) is 0.364. The largest absolute Gasteiger partial charge is 0.405 e. The number of benzene rings is 1. The molecule has 1 aliphatic heterocycles. The van der Waals surface area contributed by atoms with Crippen LogP contribution in [-0.2, 0) is 13.1 Å². The zero-order valence-corrected chi connectivity index (χ0v) is 8.90. The predicted octanol–water partition coefficient (Wildman–Crippen LogP) is 1.58. The number of carbonyl (C=O) groups is 1. The molecule has 3 nitrogen and oxygen atoms in total. The zero-order valence-electron chi connectivity index (χ0n) is 8.90. The number of hydrogen-bond acceptors (Lipinski definition) is 2. The van der Waals surface area contributed by atoms with Gasteiger partial charge >= 0.3 is 6.18 Å². The van der Waals surface area contributed by atoms with Crippen LogP contribution in [0.2, 0.25) is 0 Å². The molecule has 1 heterocycles. The Bertz CT molecular complexity index is 443. The van der Waals surface area contributed by atoms with Crippen LogP contribution in [0.3, 0.4) is 0 Å². The molecule has 0 bridgehead atoms. The molecule has 0 radical (unpaired) electrons. The molecule has 1 aromatic rings. The Hall–Kier alpha value is -1.56. The van der Waals surface area contributed by atoms with Gasteiger partial charge in [-0.25, -0.2) is 0 Å². The third-order valence-corrected chi connectivity index (χ3v) is 2.55. The molecule has 2 rings (SSSR count). The molecule has 0 aromatic heterocycles. The second kappa shape index (κ2) is 4.37. The molecule has 6 heteroatoms. The predicted molar refractivity (Wildman–Crippen MR) is 55.4 cm³/mol. The van der Waals surface area contributed by atoms with E-state index < -0.39 is 18.6 Å². The molecule has 17 heavy (non-hydrogen) atoms. The number of nitrogens with one attached hydrogen (secondary N) is 2. The van der Waals surface area contributed by atoms with Gasteiger partial charge in [0.2, 0.25) is 0 Å². The zero-order chi connectivity index (χ0) is 12.5. The van der Waals surface area contributed by atoms with Gasteiger partial charge in [0, 0.05) is 18.7 Å². The topological polar surface area (TPSA) is 41.1 Å². The van der Waals surface area contributed by atoms with Gasteiger partial charge in [-0.3, -0.25) is 4.79 Å². The maximum atomic E-state index is 11.9. The fourth-order valence-electron chi connectivity index (χ4n) is 1.72. The van der Waals surface area contributed by atoms with E-state index in [0.29, 0.717) is 6.54 Å². The highest BCUT2D eigenvalue weighted by Gasteiger charge is 2.28. The Kier molecular flexibility index (Phi) is 3.06. The van der Waals surface area contributed by atoms with Crippen LogP contribution in [0.5, 0.6) is 0 Å². The van der Waals surface area contributed by atoms with Crippen LogP contribution >= 0.6 is 0 Å². The van der Waals surface area contributed by atoms with E-state index in [2.05, 4.69) is 5.32 Å². The van der Waals surface area contributed by atoms with Crippen LogP contribution in [0.25, 0.3) is 0 Å². The van der Waals surface area contributed by atoms with Gasteiger partial charge in [-0.15, -0.1) is 0 Å². The maximum absolute atomic E-state index is 11.9. The monoisotopic (exact) mass is 244 g/mol. The van der Waals surface area contributed by atoms with Crippen LogP contribution in [0.4, 0.5) is 13.2 Å². The lowest BCUT2D eigenvalue weighted by molar-refractivity contribution is -0.123. The third kappa shape index (κ3) is 2.97. The van der Waals surface area contributed by atoms with Gasteiger partial charge in [0.25, 0.3) is 5.91 Å². The standard InChI is InChI=1S/C11H11F3N2O/c12-11(13,14)6-16-10(17)7-1-2-8-4-15-5-9(8)3-7/h1-3,15H,4-6H2,(H,16,17). The number of carbonyl (C=O) groups excluding carboxylic acids is 1. The smallest absolute Gasteiger partial charge is 0.343 e. The molecule has 0 unspecified atom stereocenters. The number of amides is 1. The average molecular weight is 244 g/mol. The van der Waals surface area contributed by atoms with Gasteiger partial charge in [-0.2, -0.15) is 13.2 Å². The van der Waals surface area contributed by atoms with Crippen molar-refractivity contribution in [3.05, 3.63) is 34.9 Å². The maximum Gasteiger partial charge on any atom is 0.405 e. The molecule has 0 atom stereocenters. The lowest BCUT2D eigenvalue weighted by atomic mass is 10.1. The molecular weight excluding hydrogens is 233 g/mol. The van der Waals surface area contributed by atoms with Crippen molar-refractivity contribution in [3.63, 3.8) is 0 Å². The van der Waals surface area contributed by atoms with Crippen molar-refractivity contribution in [1.29, 1.82) is 0 Å². The van der Waals surface area contributed by atoms with Crippen LogP contribution in [0.1, 0.15) is 21.5 Å². The molecule has 0 saturated heterocycles. The molecule has 1 aliphatic rings. The summed E-state index contributed by atoms with van der Waals surface area (Å²) < 4.78 is 35.8. The van der Waals surface area contributed by atoms with Gasteiger partial charge in [-0.05, 0) is 23.3 Å². The first-order valence-corrected chi connectivity index (χ1v) is 5.13. The van der Waals surface area contributed by atoms with E-state index in [9.17, 15) is 18.0 Å². The Balaban J connectivity index is 2.05. The van der Waals surface area contributed by atoms with Gasteiger partial charge in [0.15, 0.2) is 0 Å². The first-order chi connectivity index (χ1) is 7.96. The van der Waals surface area contributed by atoms with Crippen molar-refractivity contribution in [2.75, 3.05) is 6.54 Å². The van der Waals surface area contributed by atoms with E-state index in [4.69, 9.17) is 0 Å². The van der Waals surface area contributed by atoms with E-state index in [-0.39, 0.29) is 5.56 Å². The second-order valence-electron chi connectivity index (χ2n) is 3.88. The Morgan fingerprint density at radius 2 is 2.00 bits per heavy atom. The highest BCUT2D eigenvalue weighted by Crippen LogP contribution is 2.17. The Labute approximate surface area is 96.0 Å². The summed E-state index contributed by atoms with van der Waals surface area (Å²) in [6, 6.07) is 4.93. The summed E-state index contributed by atoms with van der Waals surface area (Å²) in [4.78, 5) is 11.5. The van der Waals surface area contributed by atoms with E-state index in [1.165, 1.54) is 6.07 Å². The minimum absolute atomic E-state index is 0.261. The summed E-state index contributed by atoms with van der Waals surface area (Å²) in [5.41, 5.74) is 2.30. The summed E-state index contributed by atoms with van der Waals surface area (Å²) in [5, 5.41) is 4.94. The van der Waals surface area contributed by atoms with Crippen LogP contribution in [0, 0.1) is 0 Å². The van der Waals surface area contributed by atoms with E-state index in [1.54, 1.807) is 12.1 Å². The van der Waals surface area contributed by atoms with Gasteiger partial charge in [0.1, 0.15) is 6.54 Å². The molecular formula is C11H11F3N2O. The SMILES string of the molecule is O=C(NCC(F)(F)F)c1ccc2c(c1)CNC2. The van der Waals surface area contributed by atoms with Crippen LogP contribution in [-0.4, -0.2) is 18.6 Å². The average Bonchev–Trinajstić information content (AvgIpc) is 2.71. The number of halogens is 3. The summed E-state index contributed by atoms with van der Waals surface area (Å²) in [5.74, 6) is -0.697. The highest BCUT2D eigenvalue weighted by molar-refractivity contribution is 5.94. The second-order valence-corrected chi connectivity index (χ2v) is 3.88. The minimum atomic E-state index is -4.38. The molecule has 0 spiro atoms. The summed E-state index contributed by atoms with van der Waals surface area (Å²) in [6.07, 6.45) is -4.38. The van der Waals surface area contributed by atoms with Crippen molar-refractivity contribution in [2.45, 2.75) is 19.3 Å². The molecule has 0 aliphatic carbocycles. The van der Waals surface area contributed by atoms with Crippen LogP contribution < -0.4 is 10.6 Å². The molecule has 2 N–H and O–H groups in total. The van der Waals surface area contributed by atoms with E-state index in [0.717, 1.165) is 17.7 Å². The quantitative estimate of drug-likeness (QED) is 0.829. The molecule has 0 saturated carbocycles. The van der Waals surface area contributed by atoms with Gasteiger partial charge in [0.05, 0.1) is 0 Å². The summed E-state index contributed by atoms with van der Waals surface area (Å²) in [6.45, 7) is 0.0800. The summed E-state index contributed by atoms with van der Waals surface area (Å²) >= 11 is 0. The number of fused-ring (bicyclic) bond motifs is 1. The van der Waals surface area contributed by atoms with Crippen molar-refractivity contribution in [2.24, 2.45) is 0 Å². The first kappa shape index (κ1) is 11.9. The lowest BCUT2D eigenvalue weighted by Crippen LogP contribution is -2.33. The minimum Gasteiger partial charge on any atom is -0.343 e.